The molecule has 0 aliphatic rings. The second-order valence-electron chi connectivity index (χ2n) is 7.04. The molecule has 0 unspecified atom stereocenters. The van der Waals surface area contributed by atoms with Crippen LogP contribution in [0.4, 0.5) is 30.7 Å². The van der Waals surface area contributed by atoms with Gasteiger partial charge in [-0.3, -0.25) is 4.79 Å². The molecule has 0 saturated heterocycles. The number of carbonyl (C=O) groups excluding carboxylic acids is 1. The third-order valence-electron chi connectivity index (χ3n) is 4.96. The van der Waals surface area contributed by atoms with E-state index >= 15 is 0 Å². The Morgan fingerprint density at radius 1 is 1.03 bits per heavy atom. The van der Waals surface area contributed by atoms with Crippen LogP contribution in [0.1, 0.15) is 16.8 Å². The highest BCUT2D eigenvalue weighted by molar-refractivity contribution is 6.31. The van der Waals surface area contributed by atoms with Gasteiger partial charge in [-0.15, -0.1) is 0 Å². The summed E-state index contributed by atoms with van der Waals surface area (Å²) < 4.78 is 91.6. The van der Waals surface area contributed by atoms with Crippen LogP contribution in [0, 0.1) is 6.92 Å². The van der Waals surface area contributed by atoms with Crippen LogP contribution >= 0.6 is 11.6 Å². The largest absolute Gasteiger partial charge is 0.460 e. The van der Waals surface area contributed by atoms with Crippen molar-refractivity contribution in [2.75, 3.05) is 0 Å². The van der Waals surface area contributed by atoms with Gasteiger partial charge in [0.2, 0.25) is 0 Å². The first kappa shape index (κ1) is 24.6. The molecular formula is C21H15ClF7N3O. The van der Waals surface area contributed by atoms with Gasteiger partial charge in [-0.2, -0.15) is 35.8 Å². The molecule has 176 valence electrons. The van der Waals surface area contributed by atoms with Crippen LogP contribution in [-0.4, -0.2) is 34.7 Å². The first-order valence-corrected chi connectivity index (χ1v) is 9.64. The smallest absolute Gasteiger partial charge is 0.340 e. The van der Waals surface area contributed by atoms with Gasteiger partial charge < -0.3 is 4.57 Å². The summed E-state index contributed by atoms with van der Waals surface area (Å²) in [4.78, 5) is 11.4. The molecule has 1 heterocycles. The number of hydrazone groups is 1. The third-order valence-corrected chi connectivity index (χ3v) is 5.33. The zero-order valence-corrected chi connectivity index (χ0v) is 17.5. The summed E-state index contributed by atoms with van der Waals surface area (Å²) in [6, 6.07) is 13.9. The quantitative estimate of drug-likeness (QED) is 0.258. The maximum atomic E-state index is 13.5. The average molecular weight is 494 g/mol. The van der Waals surface area contributed by atoms with E-state index in [-0.39, 0.29) is 0 Å². The summed E-state index contributed by atoms with van der Waals surface area (Å²) in [5, 5.41) is 4.29. The van der Waals surface area contributed by atoms with E-state index in [0.29, 0.717) is 33.7 Å². The number of aromatic nitrogens is 1. The van der Waals surface area contributed by atoms with Crippen molar-refractivity contribution in [3.8, 4) is 0 Å². The van der Waals surface area contributed by atoms with Crippen molar-refractivity contribution in [3.05, 3.63) is 70.4 Å². The molecule has 0 saturated carbocycles. The molecule has 12 heteroatoms. The second-order valence-corrected chi connectivity index (χ2v) is 7.45. The second kappa shape index (κ2) is 8.69. The summed E-state index contributed by atoms with van der Waals surface area (Å²) in [5.74, 6) is -15.5. The van der Waals surface area contributed by atoms with E-state index in [1.54, 1.807) is 55.5 Å². The predicted molar refractivity (Wildman–Crippen MR) is 109 cm³/mol. The van der Waals surface area contributed by atoms with Crippen molar-refractivity contribution >= 4 is 34.6 Å². The van der Waals surface area contributed by atoms with Gasteiger partial charge in [0.25, 0.3) is 0 Å². The molecule has 0 aliphatic carbocycles. The summed E-state index contributed by atoms with van der Waals surface area (Å²) in [7, 11) is 0. The molecule has 0 radical (unpaired) electrons. The van der Waals surface area contributed by atoms with E-state index in [0.717, 1.165) is 17.2 Å². The fraction of sp³-hybridized carbons (Fsp3) is 0.238. The van der Waals surface area contributed by atoms with Gasteiger partial charge in [0, 0.05) is 33.7 Å². The zero-order valence-electron chi connectivity index (χ0n) is 16.7. The molecule has 0 aliphatic heterocycles. The average Bonchev–Trinajstić information content (AvgIpc) is 3.00. The molecule has 33 heavy (non-hydrogen) atoms. The molecular weight excluding hydrogens is 479 g/mol. The van der Waals surface area contributed by atoms with Crippen molar-refractivity contribution in [1.29, 1.82) is 0 Å². The van der Waals surface area contributed by atoms with Gasteiger partial charge >= 0.3 is 23.9 Å². The highest BCUT2D eigenvalue weighted by Crippen LogP contribution is 2.46. The number of fused-ring (bicyclic) bond motifs is 1. The molecule has 4 nitrogen and oxygen atoms in total. The van der Waals surface area contributed by atoms with Crippen LogP contribution in [0.3, 0.4) is 0 Å². The number of amides is 1. The number of hydrogen-bond acceptors (Lipinski definition) is 2. The fourth-order valence-corrected chi connectivity index (χ4v) is 3.36. The van der Waals surface area contributed by atoms with Crippen LogP contribution < -0.4 is 5.43 Å². The first-order valence-electron chi connectivity index (χ1n) is 9.26. The summed E-state index contributed by atoms with van der Waals surface area (Å²) in [6.07, 6.45) is -5.72. The van der Waals surface area contributed by atoms with Gasteiger partial charge in [-0.05, 0) is 24.6 Å². The van der Waals surface area contributed by atoms with E-state index in [1.807, 2.05) is 4.57 Å². The van der Waals surface area contributed by atoms with Crippen molar-refractivity contribution in [2.45, 2.75) is 31.5 Å². The van der Waals surface area contributed by atoms with E-state index in [2.05, 4.69) is 5.10 Å². The minimum absolute atomic E-state index is 0.322. The molecule has 0 atom stereocenters. The van der Waals surface area contributed by atoms with Crippen molar-refractivity contribution in [3.63, 3.8) is 0 Å². The van der Waals surface area contributed by atoms with Gasteiger partial charge in [0.15, 0.2) is 0 Å². The maximum Gasteiger partial charge on any atom is 0.460 e. The molecule has 0 bridgehead atoms. The Morgan fingerprint density at radius 3 is 2.27 bits per heavy atom. The van der Waals surface area contributed by atoms with E-state index in [1.165, 1.54) is 0 Å². The Bertz CT molecular complexity index is 1220. The molecule has 1 aromatic heterocycles. The summed E-state index contributed by atoms with van der Waals surface area (Å²) in [6.45, 7) is 1.98. The Balaban J connectivity index is 1.92. The number of para-hydroxylation sites is 1. The Morgan fingerprint density at radius 2 is 1.64 bits per heavy atom. The Kier molecular flexibility index (Phi) is 6.47. The van der Waals surface area contributed by atoms with Gasteiger partial charge in [0.05, 0.1) is 6.21 Å². The van der Waals surface area contributed by atoms with Gasteiger partial charge in [0.1, 0.15) is 0 Å². The van der Waals surface area contributed by atoms with Crippen LogP contribution in [-0.2, 0) is 11.3 Å². The highest BCUT2D eigenvalue weighted by Gasteiger charge is 2.76. The third kappa shape index (κ3) is 4.41. The zero-order chi connectivity index (χ0) is 24.6. The number of carbonyl (C=O) groups is 1. The SMILES string of the molecule is Cc1c(C=NNC(=O)C(F)(F)C(F)(F)C(F)(F)F)c2ccccc2n1Cc1ccccc1Cl. The predicted octanol–water partition coefficient (Wildman–Crippen LogP) is 5.93. The van der Waals surface area contributed by atoms with Gasteiger partial charge in [-0.25, -0.2) is 5.43 Å². The molecule has 1 N–H and O–H groups in total. The van der Waals surface area contributed by atoms with Gasteiger partial charge in [-0.1, -0.05) is 48.0 Å². The minimum Gasteiger partial charge on any atom is -0.340 e. The monoisotopic (exact) mass is 493 g/mol. The lowest BCUT2D eigenvalue weighted by molar-refractivity contribution is -0.344. The van der Waals surface area contributed by atoms with Crippen LogP contribution in [0.5, 0.6) is 0 Å². The number of nitrogens with zero attached hydrogens (tertiary/aromatic N) is 2. The van der Waals surface area contributed by atoms with Crippen molar-refractivity contribution in [1.82, 2.24) is 9.99 Å². The van der Waals surface area contributed by atoms with E-state index in [4.69, 9.17) is 11.6 Å². The number of hydrogen-bond donors (Lipinski definition) is 1. The summed E-state index contributed by atoms with van der Waals surface area (Å²) in [5.41, 5.74) is 3.44. The first-order chi connectivity index (χ1) is 15.3. The van der Waals surface area contributed by atoms with Crippen molar-refractivity contribution in [2.24, 2.45) is 5.10 Å². The molecule has 0 spiro atoms. The van der Waals surface area contributed by atoms with Crippen molar-refractivity contribution < 1.29 is 35.5 Å². The minimum atomic E-state index is -6.62. The number of rotatable bonds is 6. The number of nitrogens with one attached hydrogen (secondary N) is 1. The highest BCUT2D eigenvalue weighted by atomic mass is 35.5. The van der Waals surface area contributed by atoms with Crippen LogP contribution in [0.2, 0.25) is 5.02 Å². The normalized spacial score (nSPS) is 13.1. The number of alkyl halides is 7. The number of halogens is 8. The van der Waals surface area contributed by atoms with Crippen LogP contribution in [0.25, 0.3) is 10.9 Å². The van der Waals surface area contributed by atoms with Crippen LogP contribution in [0.15, 0.2) is 53.6 Å². The lowest BCUT2D eigenvalue weighted by Crippen LogP contribution is -2.58. The maximum absolute atomic E-state index is 13.5. The summed E-state index contributed by atoms with van der Waals surface area (Å²) >= 11 is 6.21. The standard InChI is InChI=1S/C21H15ClF7N3O/c1-12-15(10-30-31-18(33)19(23,24)20(25,26)21(27,28)29)14-7-3-5-9-17(14)32(12)11-13-6-2-4-8-16(13)22/h2-10H,11H2,1H3,(H,31,33). The lowest BCUT2D eigenvalue weighted by Gasteiger charge is -2.26. The fourth-order valence-electron chi connectivity index (χ4n) is 3.17. The molecule has 1 amide bonds. The Hall–Kier alpha value is -3.08. The molecule has 3 aromatic rings. The topological polar surface area (TPSA) is 46.4 Å². The number of benzene rings is 2. The lowest BCUT2D eigenvalue weighted by atomic mass is 10.1. The molecule has 2 aromatic carbocycles. The Labute approximate surface area is 187 Å². The van der Waals surface area contributed by atoms with E-state index < -0.39 is 23.9 Å². The van der Waals surface area contributed by atoms with E-state index in [9.17, 15) is 35.5 Å². The molecule has 3 rings (SSSR count). The molecule has 0 fully saturated rings.